The van der Waals surface area contributed by atoms with Crippen LogP contribution in [0.4, 0.5) is 0 Å². The Hall–Kier alpha value is -1.25. The Morgan fingerprint density at radius 2 is 2.25 bits per heavy atom. The smallest absolute Gasteiger partial charge is 0.140 e. The van der Waals surface area contributed by atoms with Crippen molar-refractivity contribution in [2.45, 2.75) is 6.54 Å². The molecular formula is C11H13N3OS. The maximum atomic E-state index is 11.2. The van der Waals surface area contributed by atoms with Crippen molar-refractivity contribution >= 4 is 10.8 Å². The van der Waals surface area contributed by atoms with E-state index in [4.69, 9.17) is 5.26 Å². The van der Waals surface area contributed by atoms with Gasteiger partial charge in [-0.25, -0.2) is 4.98 Å². The van der Waals surface area contributed by atoms with Gasteiger partial charge in [0.2, 0.25) is 0 Å². The second kappa shape index (κ2) is 5.19. The molecule has 2 heterocycles. The summed E-state index contributed by atoms with van der Waals surface area (Å²) in [6.07, 6.45) is 1.66. The molecule has 0 atom stereocenters. The molecule has 0 unspecified atom stereocenters. The van der Waals surface area contributed by atoms with Gasteiger partial charge in [0.05, 0.1) is 0 Å². The number of nitriles is 1. The first-order valence-electron chi connectivity index (χ1n) is 5.20. The van der Waals surface area contributed by atoms with Crippen LogP contribution in [-0.2, 0) is 17.3 Å². The zero-order chi connectivity index (χ0) is 11.4. The fourth-order valence-electron chi connectivity index (χ4n) is 1.73. The van der Waals surface area contributed by atoms with Crippen LogP contribution in [0.5, 0.6) is 0 Å². The monoisotopic (exact) mass is 235 g/mol. The summed E-state index contributed by atoms with van der Waals surface area (Å²) < 4.78 is 11.2. The van der Waals surface area contributed by atoms with Gasteiger partial charge >= 0.3 is 0 Å². The number of hydrogen-bond donors (Lipinski definition) is 0. The Labute approximate surface area is 97.4 Å². The first kappa shape index (κ1) is 11.2. The summed E-state index contributed by atoms with van der Waals surface area (Å²) in [5.41, 5.74) is 1.55. The van der Waals surface area contributed by atoms with Crippen LogP contribution in [-0.4, -0.2) is 38.7 Å². The van der Waals surface area contributed by atoms with Crippen LogP contribution in [0, 0.1) is 11.3 Å². The average molecular weight is 235 g/mol. The topological polar surface area (TPSA) is 57.0 Å². The van der Waals surface area contributed by atoms with E-state index in [2.05, 4.69) is 9.88 Å². The van der Waals surface area contributed by atoms with E-state index in [0.717, 1.165) is 36.7 Å². The van der Waals surface area contributed by atoms with Crippen molar-refractivity contribution in [1.29, 1.82) is 5.26 Å². The maximum absolute atomic E-state index is 11.2. The lowest BCUT2D eigenvalue weighted by Crippen LogP contribution is -2.37. The van der Waals surface area contributed by atoms with Gasteiger partial charge in [-0.2, -0.15) is 5.26 Å². The molecule has 1 aromatic heterocycles. The van der Waals surface area contributed by atoms with Gasteiger partial charge in [0.1, 0.15) is 11.8 Å². The van der Waals surface area contributed by atoms with Crippen LogP contribution in [0.15, 0.2) is 18.3 Å². The van der Waals surface area contributed by atoms with Crippen molar-refractivity contribution < 1.29 is 4.21 Å². The van der Waals surface area contributed by atoms with Crippen LogP contribution in [0.3, 0.4) is 0 Å². The van der Waals surface area contributed by atoms with E-state index in [9.17, 15) is 4.21 Å². The van der Waals surface area contributed by atoms with E-state index in [1.165, 1.54) is 0 Å². The summed E-state index contributed by atoms with van der Waals surface area (Å²) in [6, 6.07) is 5.77. The molecule has 1 aliphatic heterocycles. The third-order valence-electron chi connectivity index (χ3n) is 2.62. The SMILES string of the molecule is N#Cc1cc(CN2CCS(=O)CC2)ccn1. The summed E-state index contributed by atoms with van der Waals surface area (Å²) in [6.45, 7) is 2.56. The zero-order valence-corrected chi connectivity index (χ0v) is 9.74. The minimum atomic E-state index is -0.631. The number of aromatic nitrogens is 1. The summed E-state index contributed by atoms with van der Waals surface area (Å²) in [7, 11) is -0.631. The van der Waals surface area contributed by atoms with Gasteiger partial charge in [-0.3, -0.25) is 9.11 Å². The quantitative estimate of drug-likeness (QED) is 0.750. The van der Waals surface area contributed by atoms with E-state index < -0.39 is 10.8 Å². The van der Waals surface area contributed by atoms with Crippen LogP contribution in [0.25, 0.3) is 0 Å². The summed E-state index contributed by atoms with van der Waals surface area (Å²) >= 11 is 0. The Morgan fingerprint density at radius 1 is 1.50 bits per heavy atom. The van der Waals surface area contributed by atoms with Crippen LogP contribution in [0.1, 0.15) is 11.3 Å². The number of rotatable bonds is 2. The second-order valence-electron chi connectivity index (χ2n) is 3.79. The summed E-state index contributed by atoms with van der Waals surface area (Å²) in [4.78, 5) is 6.20. The van der Waals surface area contributed by atoms with Gasteiger partial charge < -0.3 is 0 Å². The molecule has 5 heteroatoms. The third-order valence-corrected chi connectivity index (χ3v) is 3.89. The zero-order valence-electron chi connectivity index (χ0n) is 8.93. The van der Waals surface area contributed by atoms with Gasteiger partial charge in [0.15, 0.2) is 0 Å². The minimum absolute atomic E-state index is 0.457. The minimum Gasteiger partial charge on any atom is -0.297 e. The predicted molar refractivity (Wildman–Crippen MR) is 62.1 cm³/mol. The van der Waals surface area contributed by atoms with Crippen LogP contribution < -0.4 is 0 Å². The largest absolute Gasteiger partial charge is 0.297 e. The highest BCUT2D eigenvalue weighted by Crippen LogP contribution is 2.08. The molecule has 0 N–H and O–H groups in total. The molecule has 16 heavy (non-hydrogen) atoms. The van der Waals surface area contributed by atoms with Crippen molar-refractivity contribution in [1.82, 2.24) is 9.88 Å². The molecule has 1 fully saturated rings. The van der Waals surface area contributed by atoms with E-state index in [-0.39, 0.29) is 0 Å². The molecule has 1 aromatic rings. The maximum Gasteiger partial charge on any atom is 0.140 e. The number of nitrogens with zero attached hydrogens (tertiary/aromatic N) is 3. The lowest BCUT2D eigenvalue weighted by atomic mass is 10.2. The second-order valence-corrected chi connectivity index (χ2v) is 5.48. The molecule has 0 amide bonds. The molecule has 0 radical (unpaired) electrons. The molecule has 0 aromatic carbocycles. The number of pyridine rings is 1. The third kappa shape index (κ3) is 2.87. The Morgan fingerprint density at radius 3 is 2.94 bits per heavy atom. The number of hydrogen-bond acceptors (Lipinski definition) is 4. The molecule has 1 saturated heterocycles. The highest BCUT2D eigenvalue weighted by atomic mass is 32.2. The van der Waals surface area contributed by atoms with E-state index in [1.54, 1.807) is 6.20 Å². The fraction of sp³-hybridized carbons (Fsp3) is 0.455. The lowest BCUT2D eigenvalue weighted by molar-refractivity contribution is 0.291. The van der Waals surface area contributed by atoms with E-state index in [1.807, 2.05) is 18.2 Å². The first-order chi connectivity index (χ1) is 7.78. The van der Waals surface area contributed by atoms with Crippen molar-refractivity contribution in [3.05, 3.63) is 29.6 Å². The molecular weight excluding hydrogens is 222 g/mol. The first-order valence-corrected chi connectivity index (χ1v) is 6.69. The normalized spacial score (nSPS) is 18.2. The lowest BCUT2D eigenvalue weighted by Gasteiger charge is -2.25. The summed E-state index contributed by atoms with van der Waals surface area (Å²) in [5, 5.41) is 8.74. The van der Waals surface area contributed by atoms with Crippen molar-refractivity contribution in [3.8, 4) is 6.07 Å². The molecule has 0 spiro atoms. The van der Waals surface area contributed by atoms with Crippen molar-refractivity contribution in [2.24, 2.45) is 0 Å². The highest BCUT2D eigenvalue weighted by Gasteiger charge is 2.15. The molecule has 4 nitrogen and oxygen atoms in total. The van der Waals surface area contributed by atoms with Crippen LogP contribution in [0.2, 0.25) is 0 Å². The van der Waals surface area contributed by atoms with Gasteiger partial charge in [-0.1, -0.05) is 0 Å². The molecule has 1 aliphatic rings. The molecule has 0 saturated carbocycles. The summed E-state index contributed by atoms with van der Waals surface area (Å²) in [5.74, 6) is 1.52. The van der Waals surface area contributed by atoms with Crippen LogP contribution >= 0.6 is 0 Å². The highest BCUT2D eigenvalue weighted by molar-refractivity contribution is 7.85. The molecule has 2 rings (SSSR count). The Bertz CT molecular complexity index is 431. The van der Waals surface area contributed by atoms with Gasteiger partial charge in [0.25, 0.3) is 0 Å². The molecule has 0 aliphatic carbocycles. The van der Waals surface area contributed by atoms with Gasteiger partial charge in [-0.15, -0.1) is 0 Å². The Balaban J connectivity index is 1.98. The standard InChI is InChI=1S/C11H13N3OS/c12-8-11-7-10(1-2-13-11)9-14-3-5-16(15)6-4-14/h1-2,7H,3-6,9H2. The van der Waals surface area contributed by atoms with Gasteiger partial charge in [-0.05, 0) is 17.7 Å². The van der Waals surface area contributed by atoms with Crippen molar-refractivity contribution in [3.63, 3.8) is 0 Å². The average Bonchev–Trinajstić information content (AvgIpc) is 2.32. The van der Waals surface area contributed by atoms with Gasteiger partial charge in [0, 0.05) is 48.1 Å². The molecule has 0 bridgehead atoms. The molecule has 84 valence electrons. The Kier molecular flexibility index (Phi) is 3.65. The predicted octanol–water partition coefficient (Wildman–Crippen LogP) is 0.518. The fourth-order valence-corrected chi connectivity index (χ4v) is 2.85. The van der Waals surface area contributed by atoms with Crippen molar-refractivity contribution in [2.75, 3.05) is 24.6 Å². The van der Waals surface area contributed by atoms with E-state index >= 15 is 0 Å². The van der Waals surface area contributed by atoms with E-state index in [0.29, 0.717) is 5.69 Å².